The van der Waals surface area contributed by atoms with E-state index in [1.165, 1.54) is 11.3 Å². The van der Waals surface area contributed by atoms with Gasteiger partial charge in [0.15, 0.2) is 10.0 Å². The molecule has 0 unspecified atom stereocenters. The molecule has 20 heavy (non-hydrogen) atoms. The van der Waals surface area contributed by atoms with Gasteiger partial charge < -0.3 is 10.8 Å². The van der Waals surface area contributed by atoms with Gasteiger partial charge in [0.25, 0.3) is 0 Å². The van der Waals surface area contributed by atoms with Crippen LogP contribution in [0.2, 0.25) is 0 Å². The topological polar surface area (TPSA) is 115 Å². The van der Waals surface area contributed by atoms with Gasteiger partial charge >= 0.3 is 5.97 Å². The van der Waals surface area contributed by atoms with E-state index in [1.807, 2.05) is 6.07 Å². The molecule has 1 aromatic carbocycles. The van der Waals surface area contributed by atoms with Crippen LogP contribution in [0.4, 0.5) is 5.13 Å². The summed E-state index contributed by atoms with van der Waals surface area (Å²) in [6.45, 7) is 0. The first-order chi connectivity index (χ1) is 9.63. The van der Waals surface area contributed by atoms with Crippen LogP contribution in [-0.2, 0) is 0 Å². The summed E-state index contributed by atoms with van der Waals surface area (Å²) < 4.78 is 0.523. The molecule has 0 bridgehead atoms. The van der Waals surface area contributed by atoms with Crippen LogP contribution >= 0.6 is 23.1 Å². The molecule has 3 N–H and O–H groups in total. The first kappa shape index (κ1) is 12.8. The van der Waals surface area contributed by atoms with E-state index in [1.54, 1.807) is 18.2 Å². The van der Waals surface area contributed by atoms with Gasteiger partial charge in [-0.3, -0.25) is 0 Å². The number of carboxylic acids is 1. The second-order valence-electron chi connectivity index (χ2n) is 3.68. The van der Waals surface area contributed by atoms with Crippen molar-refractivity contribution in [3.63, 3.8) is 0 Å². The number of hydrogen-bond donors (Lipinski definition) is 2. The highest BCUT2D eigenvalue weighted by Crippen LogP contribution is 2.32. The number of fused-ring (bicyclic) bond motifs is 1. The van der Waals surface area contributed by atoms with Crippen molar-refractivity contribution in [2.24, 2.45) is 0 Å². The van der Waals surface area contributed by atoms with Gasteiger partial charge in [0.2, 0.25) is 5.13 Å². The monoisotopic (exact) mass is 305 g/mol. The summed E-state index contributed by atoms with van der Waals surface area (Å²) in [5, 5.41) is 17.3. The average molecular weight is 305 g/mol. The molecule has 0 aliphatic heterocycles. The van der Waals surface area contributed by atoms with Crippen molar-refractivity contribution in [1.29, 1.82) is 0 Å². The Morgan fingerprint density at radius 1 is 1.20 bits per heavy atom. The lowest BCUT2D eigenvalue weighted by Gasteiger charge is -2.04. The number of nitrogens with two attached hydrogens (primary N) is 1. The summed E-state index contributed by atoms with van der Waals surface area (Å²) in [6.07, 6.45) is 0. The van der Waals surface area contributed by atoms with Crippen LogP contribution in [0.1, 0.15) is 10.5 Å². The molecule has 2 heterocycles. The highest BCUT2D eigenvalue weighted by atomic mass is 32.2. The minimum absolute atomic E-state index is 0.109. The molecule has 100 valence electrons. The maximum Gasteiger partial charge on any atom is 0.357 e. The van der Waals surface area contributed by atoms with Crippen molar-refractivity contribution in [3.8, 4) is 0 Å². The first-order valence-electron chi connectivity index (χ1n) is 5.40. The normalized spacial score (nSPS) is 10.8. The lowest BCUT2D eigenvalue weighted by atomic mass is 10.3. The van der Waals surface area contributed by atoms with Crippen LogP contribution < -0.4 is 5.73 Å². The van der Waals surface area contributed by atoms with Gasteiger partial charge in [-0.15, -0.1) is 10.2 Å². The number of carbonyl (C=O) groups is 1. The van der Waals surface area contributed by atoms with E-state index in [0.717, 1.165) is 11.8 Å². The summed E-state index contributed by atoms with van der Waals surface area (Å²) in [7, 11) is 0. The molecule has 0 fully saturated rings. The van der Waals surface area contributed by atoms with Crippen molar-refractivity contribution < 1.29 is 9.90 Å². The van der Waals surface area contributed by atoms with Crippen molar-refractivity contribution in [2.45, 2.75) is 9.37 Å². The molecule has 0 aliphatic rings. The third kappa shape index (κ3) is 2.40. The van der Waals surface area contributed by atoms with E-state index in [2.05, 4.69) is 20.2 Å². The highest BCUT2D eigenvalue weighted by Gasteiger charge is 2.18. The van der Waals surface area contributed by atoms with Crippen LogP contribution in [0, 0.1) is 0 Å². The fraction of sp³-hybridized carbons (Fsp3) is 0. The fourth-order valence-electron chi connectivity index (χ4n) is 1.54. The Bertz CT molecular complexity index is 804. The van der Waals surface area contributed by atoms with E-state index < -0.39 is 5.97 Å². The summed E-state index contributed by atoms with van der Waals surface area (Å²) in [5.41, 5.74) is 6.55. The molecule has 9 heteroatoms. The molecular weight excluding hydrogens is 298 g/mol. The third-order valence-electron chi connectivity index (χ3n) is 2.35. The smallest absolute Gasteiger partial charge is 0.357 e. The van der Waals surface area contributed by atoms with E-state index in [-0.39, 0.29) is 10.7 Å². The Labute approximate surface area is 120 Å². The van der Waals surface area contributed by atoms with Crippen molar-refractivity contribution in [2.75, 3.05) is 5.73 Å². The van der Waals surface area contributed by atoms with E-state index in [9.17, 15) is 9.90 Å². The van der Waals surface area contributed by atoms with Gasteiger partial charge in [0, 0.05) is 0 Å². The van der Waals surface area contributed by atoms with Crippen LogP contribution in [0.25, 0.3) is 11.0 Å². The molecule has 0 spiro atoms. The summed E-state index contributed by atoms with van der Waals surface area (Å²) in [4.78, 5) is 19.7. The minimum Gasteiger partial charge on any atom is -0.476 e. The van der Waals surface area contributed by atoms with Gasteiger partial charge in [0.05, 0.1) is 11.0 Å². The zero-order chi connectivity index (χ0) is 14.1. The Hall–Kier alpha value is -2.26. The van der Waals surface area contributed by atoms with Crippen LogP contribution in [-0.4, -0.2) is 31.2 Å². The summed E-state index contributed by atoms with van der Waals surface area (Å²) in [6, 6.07) is 7.08. The number of aromatic nitrogens is 4. The lowest BCUT2D eigenvalue weighted by molar-refractivity contribution is 0.0686. The Morgan fingerprint density at radius 3 is 2.50 bits per heavy atom. The quantitative estimate of drug-likeness (QED) is 0.754. The second-order valence-corrected chi connectivity index (χ2v) is 5.92. The number of benzene rings is 1. The van der Waals surface area contributed by atoms with Gasteiger partial charge in [0.1, 0.15) is 5.03 Å². The molecule has 0 saturated carbocycles. The minimum atomic E-state index is -1.14. The summed E-state index contributed by atoms with van der Waals surface area (Å²) in [5.74, 6) is -1.14. The number of nitrogen functional groups attached to an aromatic ring is 1. The lowest BCUT2D eigenvalue weighted by Crippen LogP contribution is -2.05. The van der Waals surface area contributed by atoms with Crippen LogP contribution in [0.3, 0.4) is 0 Å². The number of carboxylic acid groups (broad SMARTS) is 1. The van der Waals surface area contributed by atoms with Gasteiger partial charge in [-0.2, -0.15) is 0 Å². The van der Waals surface area contributed by atoms with Crippen LogP contribution in [0.5, 0.6) is 0 Å². The molecule has 0 aliphatic carbocycles. The standard InChI is InChI=1S/C11H7N5O2S2/c12-10-15-16-11(20-10)19-8-7(9(17)18)13-5-3-1-2-4-6(5)14-8/h1-4H,(H2,12,15)(H,17,18). The first-order valence-corrected chi connectivity index (χ1v) is 7.03. The Kier molecular flexibility index (Phi) is 3.20. The molecule has 2 aromatic heterocycles. The van der Waals surface area contributed by atoms with E-state index >= 15 is 0 Å². The van der Waals surface area contributed by atoms with Crippen molar-refractivity contribution in [1.82, 2.24) is 20.2 Å². The van der Waals surface area contributed by atoms with Crippen LogP contribution in [0.15, 0.2) is 33.6 Å². The molecular formula is C11H7N5O2S2. The molecule has 0 radical (unpaired) electrons. The maximum absolute atomic E-state index is 11.3. The number of rotatable bonds is 3. The number of anilines is 1. The molecule has 3 aromatic rings. The number of hydrogen-bond acceptors (Lipinski definition) is 8. The van der Waals surface area contributed by atoms with E-state index in [0.29, 0.717) is 20.5 Å². The zero-order valence-electron chi connectivity index (χ0n) is 9.85. The van der Waals surface area contributed by atoms with Gasteiger partial charge in [-0.25, -0.2) is 14.8 Å². The molecule has 0 saturated heterocycles. The molecule has 0 atom stereocenters. The molecule has 0 amide bonds. The van der Waals surface area contributed by atoms with E-state index in [4.69, 9.17) is 5.73 Å². The Morgan fingerprint density at radius 2 is 1.90 bits per heavy atom. The van der Waals surface area contributed by atoms with Crippen molar-refractivity contribution in [3.05, 3.63) is 30.0 Å². The fourth-order valence-corrected chi connectivity index (χ4v) is 3.16. The Balaban J connectivity index is 2.11. The third-order valence-corrected chi connectivity index (χ3v) is 4.13. The van der Waals surface area contributed by atoms with Gasteiger partial charge in [-0.05, 0) is 23.9 Å². The average Bonchev–Trinajstić information content (AvgIpc) is 2.83. The SMILES string of the molecule is Nc1nnc(Sc2nc3ccccc3nc2C(=O)O)s1. The highest BCUT2D eigenvalue weighted by molar-refractivity contribution is 8.01. The van der Waals surface area contributed by atoms with Crippen molar-refractivity contribution >= 4 is 45.2 Å². The molecule has 7 nitrogen and oxygen atoms in total. The summed E-state index contributed by atoms with van der Waals surface area (Å²) >= 11 is 2.25. The largest absolute Gasteiger partial charge is 0.476 e. The number of para-hydroxylation sites is 2. The number of aromatic carboxylic acids is 1. The van der Waals surface area contributed by atoms with Gasteiger partial charge in [-0.1, -0.05) is 23.5 Å². The zero-order valence-corrected chi connectivity index (χ0v) is 11.5. The number of nitrogens with zero attached hydrogens (tertiary/aromatic N) is 4. The second kappa shape index (κ2) is 5.02. The predicted molar refractivity (Wildman–Crippen MR) is 74.9 cm³/mol. The maximum atomic E-state index is 11.3. The predicted octanol–water partition coefficient (Wildman–Crippen LogP) is 1.91. The molecule has 3 rings (SSSR count).